The molecule has 4 heteroatoms. The number of rotatable bonds is 6. The molecule has 0 aliphatic heterocycles. The third-order valence-electron chi connectivity index (χ3n) is 0.849. The van der Waals surface area contributed by atoms with Crippen LogP contribution in [0.2, 0.25) is 0 Å². The highest BCUT2D eigenvalue weighted by Crippen LogP contribution is 1.78. The van der Waals surface area contributed by atoms with Gasteiger partial charge in [-0.3, -0.25) is 0 Å². The smallest absolute Gasteiger partial charge is 0.108 e. The SMILES string of the molecule is OCCOCCOCC#CI. The lowest BCUT2D eigenvalue weighted by molar-refractivity contribution is 0.0424. The van der Waals surface area contributed by atoms with Gasteiger partial charge in [0.05, 0.1) is 26.4 Å². The number of ether oxygens (including phenoxy) is 2. The first-order valence-electron chi connectivity index (χ1n) is 3.26. The van der Waals surface area contributed by atoms with Crippen molar-refractivity contribution in [1.82, 2.24) is 0 Å². The van der Waals surface area contributed by atoms with Crippen LogP contribution in [0, 0.1) is 9.85 Å². The van der Waals surface area contributed by atoms with Crippen LogP contribution in [0.4, 0.5) is 0 Å². The molecule has 0 aliphatic carbocycles. The molecule has 0 saturated heterocycles. The van der Waals surface area contributed by atoms with Crippen molar-refractivity contribution in [2.75, 3.05) is 33.0 Å². The second kappa shape index (κ2) is 10.2. The molecule has 0 aliphatic rings. The van der Waals surface area contributed by atoms with Crippen LogP contribution in [0.1, 0.15) is 0 Å². The predicted octanol–water partition coefficient (Wildman–Crippen LogP) is 0.408. The molecule has 0 saturated carbocycles. The fourth-order valence-electron chi connectivity index (χ4n) is 0.435. The van der Waals surface area contributed by atoms with Gasteiger partial charge in [-0.2, -0.15) is 0 Å². The summed E-state index contributed by atoms with van der Waals surface area (Å²) in [4.78, 5) is 0. The van der Waals surface area contributed by atoms with E-state index in [0.29, 0.717) is 26.4 Å². The van der Waals surface area contributed by atoms with Crippen LogP contribution in [0.25, 0.3) is 0 Å². The summed E-state index contributed by atoms with van der Waals surface area (Å²) in [5, 5.41) is 8.32. The molecule has 0 atom stereocenters. The Morgan fingerprint density at radius 3 is 2.55 bits per heavy atom. The number of hydrogen-bond donors (Lipinski definition) is 1. The van der Waals surface area contributed by atoms with Gasteiger partial charge in [-0.05, 0) is 3.93 Å². The topological polar surface area (TPSA) is 38.7 Å². The van der Waals surface area contributed by atoms with E-state index >= 15 is 0 Å². The van der Waals surface area contributed by atoms with Crippen molar-refractivity contribution in [1.29, 1.82) is 0 Å². The third-order valence-corrected chi connectivity index (χ3v) is 1.23. The molecular formula is C7H11IO3. The van der Waals surface area contributed by atoms with Crippen LogP contribution >= 0.6 is 22.6 Å². The molecule has 0 rings (SSSR count). The summed E-state index contributed by atoms with van der Waals surface area (Å²) < 4.78 is 12.7. The lowest BCUT2D eigenvalue weighted by Gasteiger charge is -2.00. The number of aliphatic hydroxyl groups excluding tert-OH is 1. The van der Waals surface area contributed by atoms with Crippen LogP contribution in [0.3, 0.4) is 0 Å². The van der Waals surface area contributed by atoms with Crippen LogP contribution in [0.5, 0.6) is 0 Å². The lowest BCUT2D eigenvalue weighted by Crippen LogP contribution is -2.07. The molecule has 0 aromatic rings. The van der Waals surface area contributed by atoms with Crippen LogP contribution in [0.15, 0.2) is 0 Å². The summed E-state index contributed by atoms with van der Waals surface area (Å²) in [6.07, 6.45) is 0. The third kappa shape index (κ3) is 10.2. The van der Waals surface area contributed by atoms with Crippen molar-refractivity contribution in [3.8, 4) is 9.85 Å². The normalized spacial score (nSPS) is 8.91. The molecule has 0 aromatic carbocycles. The number of aliphatic hydroxyl groups is 1. The van der Waals surface area contributed by atoms with E-state index in [9.17, 15) is 0 Å². The average molecular weight is 270 g/mol. The van der Waals surface area contributed by atoms with Crippen molar-refractivity contribution < 1.29 is 14.6 Å². The second-order valence-electron chi connectivity index (χ2n) is 1.66. The fourth-order valence-corrected chi connectivity index (χ4v) is 0.591. The highest BCUT2D eigenvalue weighted by atomic mass is 127. The van der Waals surface area contributed by atoms with Gasteiger partial charge < -0.3 is 14.6 Å². The first kappa shape index (κ1) is 11.2. The maximum absolute atomic E-state index is 8.32. The first-order chi connectivity index (χ1) is 5.41. The molecule has 0 amide bonds. The zero-order valence-electron chi connectivity index (χ0n) is 6.18. The van der Waals surface area contributed by atoms with Gasteiger partial charge in [-0.25, -0.2) is 0 Å². The molecule has 0 radical (unpaired) electrons. The Bertz CT molecular complexity index is 127. The maximum Gasteiger partial charge on any atom is 0.108 e. The quantitative estimate of drug-likeness (QED) is 0.431. The van der Waals surface area contributed by atoms with Crippen LogP contribution in [-0.4, -0.2) is 38.1 Å². The van der Waals surface area contributed by atoms with Crippen molar-refractivity contribution >= 4 is 22.6 Å². The Morgan fingerprint density at radius 2 is 1.91 bits per heavy atom. The highest BCUT2D eigenvalue weighted by molar-refractivity contribution is 14.1. The van der Waals surface area contributed by atoms with E-state index in [2.05, 4.69) is 9.85 Å². The minimum absolute atomic E-state index is 0.0631. The molecule has 11 heavy (non-hydrogen) atoms. The Kier molecular flexibility index (Phi) is 10.3. The van der Waals surface area contributed by atoms with Gasteiger partial charge in [0, 0.05) is 22.6 Å². The van der Waals surface area contributed by atoms with Crippen LogP contribution < -0.4 is 0 Å². The highest BCUT2D eigenvalue weighted by Gasteiger charge is 1.85. The van der Waals surface area contributed by atoms with Gasteiger partial charge >= 0.3 is 0 Å². The van der Waals surface area contributed by atoms with Gasteiger partial charge in [-0.1, -0.05) is 5.92 Å². The summed E-state index contributed by atoms with van der Waals surface area (Å²) >= 11 is 1.96. The lowest BCUT2D eigenvalue weighted by atomic mass is 10.7. The minimum atomic E-state index is 0.0631. The monoisotopic (exact) mass is 270 g/mol. The van der Waals surface area contributed by atoms with E-state index in [1.807, 2.05) is 22.6 Å². The number of halogens is 1. The van der Waals surface area contributed by atoms with Crippen molar-refractivity contribution in [2.24, 2.45) is 0 Å². The largest absolute Gasteiger partial charge is 0.394 e. The Labute approximate surface area is 80.2 Å². The number of hydrogen-bond acceptors (Lipinski definition) is 3. The summed E-state index contributed by atoms with van der Waals surface area (Å²) in [7, 11) is 0. The van der Waals surface area contributed by atoms with Gasteiger partial charge in [0.15, 0.2) is 0 Å². The van der Waals surface area contributed by atoms with E-state index in [0.717, 1.165) is 0 Å². The standard InChI is InChI=1S/C7H11IO3/c8-2-1-4-10-6-7-11-5-3-9/h9H,3-7H2. The molecule has 3 nitrogen and oxygen atoms in total. The van der Waals surface area contributed by atoms with Gasteiger partial charge in [-0.15, -0.1) is 0 Å². The fraction of sp³-hybridized carbons (Fsp3) is 0.714. The van der Waals surface area contributed by atoms with E-state index in [1.54, 1.807) is 0 Å². The van der Waals surface area contributed by atoms with E-state index < -0.39 is 0 Å². The molecular weight excluding hydrogens is 259 g/mol. The van der Waals surface area contributed by atoms with E-state index in [1.165, 1.54) is 0 Å². The average Bonchev–Trinajstić information content (AvgIpc) is 2.03. The van der Waals surface area contributed by atoms with Crippen molar-refractivity contribution in [3.05, 3.63) is 0 Å². The molecule has 0 aromatic heterocycles. The Hall–Kier alpha value is 0.170. The molecule has 0 spiro atoms. The van der Waals surface area contributed by atoms with Crippen LogP contribution in [-0.2, 0) is 9.47 Å². The molecule has 1 N–H and O–H groups in total. The summed E-state index contributed by atoms with van der Waals surface area (Å²) in [5.74, 6) is 2.75. The van der Waals surface area contributed by atoms with Gasteiger partial charge in [0.1, 0.15) is 6.61 Å². The van der Waals surface area contributed by atoms with Crippen molar-refractivity contribution in [2.45, 2.75) is 0 Å². The summed E-state index contributed by atoms with van der Waals surface area (Å²) in [5.41, 5.74) is 0. The Morgan fingerprint density at radius 1 is 1.18 bits per heavy atom. The maximum atomic E-state index is 8.32. The van der Waals surface area contributed by atoms with Crippen molar-refractivity contribution in [3.63, 3.8) is 0 Å². The zero-order valence-corrected chi connectivity index (χ0v) is 8.33. The summed E-state index contributed by atoms with van der Waals surface area (Å²) in [6.45, 7) is 1.94. The molecule has 0 unspecified atom stereocenters. The summed E-state index contributed by atoms with van der Waals surface area (Å²) in [6, 6.07) is 0. The predicted molar refractivity (Wildman–Crippen MR) is 50.5 cm³/mol. The van der Waals surface area contributed by atoms with E-state index in [4.69, 9.17) is 14.6 Å². The first-order valence-corrected chi connectivity index (χ1v) is 4.34. The molecule has 0 heterocycles. The minimum Gasteiger partial charge on any atom is -0.394 e. The second-order valence-corrected chi connectivity index (χ2v) is 2.20. The zero-order chi connectivity index (χ0) is 8.36. The molecule has 0 bridgehead atoms. The van der Waals surface area contributed by atoms with Gasteiger partial charge in [0.2, 0.25) is 0 Å². The molecule has 0 fully saturated rings. The van der Waals surface area contributed by atoms with E-state index in [-0.39, 0.29) is 6.61 Å². The Balaban J connectivity index is 2.83. The molecule has 64 valence electrons. The van der Waals surface area contributed by atoms with Gasteiger partial charge in [0.25, 0.3) is 0 Å².